The van der Waals surface area contributed by atoms with Crippen molar-refractivity contribution >= 4 is 22.9 Å². The number of hydrogen-bond acceptors (Lipinski definition) is 3. The molecule has 2 nitrogen and oxygen atoms in total. The Hall–Kier alpha value is -0.900. The Morgan fingerprint density at radius 1 is 1.32 bits per heavy atom. The highest BCUT2D eigenvalue weighted by Gasteiger charge is 2.11. The molecule has 0 fully saturated rings. The largest absolute Gasteiger partial charge is 0.312 e. The lowest BCUT2D eigenvalue weighted by Crippen LogP contribution is -2.13. The molecular weight excluding hydrogens is 276 g/mol. The Morgan fingerprint density at radius 2 is 2.16 bits per heavy atom. The van der Waals surface area contributed by atoms with Gasteiger partial charge < -0.3 is 5.32 Å². The lowest BCUT2D eigenvalue weighted by Gasteiger charge is -2.01. The average Bonchev–Trinajstić information content (AvgIpc) is 2.82. The van der Waals surface area contributed by atoms with Gasteiger partial charge in [0.2, 0.25) is 0 Å². The zero-order chi connectivity index (χ0) is 13.7. The number of benzene rings is 1. The lowest BCUT2D eigenvalue weighted by atomic mass is 10.2. The van der Waals surface area contributed by atoms with Gasteiger partial charge in [0.25, 0.3) is 0 Å². The van der Waals surface area contributed by atoms with Gasteiger partial charge in [-0.15, -0.1) is 11.3 Å². The van der Waals surface area contributed by atoms with E-state index in [1.165, 1.54) is 10.6 Å². The molecule has 0 spiro atoms. The molecule has 0 amide bonds. The number of aryl methyl sites for hydroxylation is 1. The maximum absolute atomic E-state index is 6.04. The molecule has 1 N–H and O–H groups in total. The maximum atomic E-state index is 6.04. The Kier molecular flexibility index (Phi) is 5.37. The smallest absolute Gasteiger partial charge is 0.123 e. The summed E-state index contributed by atoms with van der Waals surface area (Å²) in [6.45, 7) is 6.29. The Bertz CT molecular complexity index is 537. The van der Waals surface area contributed by atoms with Gasteiger partial charge in [-0.05, 0) is 31.5 Å². The molecule has 19 heavy (non-hydrogen) atoms. The van der Waals surface area contributed by atoms with Crippen molar-refractivity contribution in [3.8, 4) is 10.6 Å². The third-order valence-electron chi connectivity index (χ3n) is 2.90. The summed E-state index contributed by atoms with van der Waals surface area (Å²) in [5.74, 6) is 0. The van der Waals surface area contributed by atoms with Crippen molar-refractivity contribution in [3.63, 3.8) is 0 Å². The highest BCUT2D eigenvalue weighted by atomic mass is 35.5. The van der Waals surface area contributed by atoms with Crippen LogP contribution in [-0.4, -0.2) is 11.5 Å². The van der Waals surface area contributed by atoms with E-state index in [0.29, 0.717) is 0 Å². The first-order chi connectivity index (χ1) is 9.24. The minimum atomic E-state index is 0.761. The van der Waals surface area contributed by atoms with Gasteiger partial charge in [-0.2, -0.15) is 0 Å². The normalized spacial score (nSPS) is 10.9. The number of nitrogens with zero attached hydrogens (tertiary/aromatic N) is 1. The molecule has 1 aromatic heterocycles. The van der Waals surface area contributed by atoms with Crippen LogP contribution in [0.4, 0.5) is 0 Å². The van der Waals surface area contributed by atoms with Crippen LogP contribution in [0.1, 0.15) is 30.8 Å². The van der Waals surface area contributed by atoms with Crippen molar-refractivity contribution in [1.82, 2.24) is 10.3 Å². The molecule has 0 bridgehead atoms. The SMILES string of the molecule is CCCNCc1sc(-c2cccc(Cl)c2)nc1CC. The lowest BCUT2D eigenvalue weighted by molar-refractivity contribution is 0.677. The highest BCUT2D eigenvalue weighted by Crippen LogP contribution is 2.29. The summed E-state index contributed by atoms with van der Waals surface area (Å²) in [5, 5.41) is 5.27. The van der Waals surface area contributed by atoms with Crippen LogP contribution in [0, 0.1) is 0 Å². The van der Waals surface area contributed by atoms with Crippen LogP contribution in [0.25, 0.3) is 10.6 Å². The third kappa shape index (κ3) is 3.78. The molecule has 0 aliphatic rings. The molecule has 0 saturated carbocycles. The van der Waals surface area contributed by atoms with Crippen LogP contribution in [0.5, 0.6) is 0 Å². The van der Waals surface area contributed by atoms with Gasteiger partial charge >= 0.3 is 0 Å². The van der Waals surface area contributed by atoms with E-state index in [4.69, 9.17) is 16.6 Å². The van der Waals surface area contributed by atoms with Gasteiger partial charge in [-0.25, -0.2) is 4.98 Å². The van der Waals surface area contributed by atoms with E-state index >= 15 is 0 Å². The van der Waals surface area contributed by atoms with Crippen LogP contribution < -0.4 is 5.32 Å². The van der Waals surface area contributed by atoms with Gasteiger partial charge in [0.15, 0.2) is 0 Å². The van der Waals surface area contributed by atoms with Crippen molar-refractivity contribution < 1.29 is 0 Å². The summed E-state index contributed by atoms with van der Waals surface area (Å²) in [4.78, 5) is 6.08. The number of hydrogen-bond donors (Lipinski definition) is 1. The van der Waals surface area contributed by atoms with E-state index in [-0.39, 0.29) is 0 Å². The summed E-state index contributed by atoms with van der Waals surface area (Å²) >= 11 is 7.81. The number of thiazole rings is 1. The zero-order valence-corrected chi connectivity index (χ0v) is 12.9. The first kappa shape index (κ1) is 14.5. The molecule has 0 aliphatic heterocycles. The van der Waals surface area contributed by atoms with E-state index in [0.717, 1.165) is 41.5 Å². The third-order valence-corrected chi connectivity index (χ3v) is 4.28. The van der Waals surface area contributed by atoms with E-state index in [2.05, 4.69) is 25.2 Å². The maximum Gasteiger partial charge on any atom is 0.123 e. The Balaban J connectivity index is 2.22. The molecule has 0 unspecified atom stereocenters. The fourth-order valence-electron chi connectivity index (χ4n) is 1.92. The van der Waals surface area contributed by atoms with Crippen LogP contribution in [0.2, 0.25) is 5.02 Å². The quantitative estimate of drug-likeness (QED) is 0.792. The van der Waals surface area contributed by atoms with Crippen molar-refractivity contribution in [2.24, 2.45) is 0 Å². The molecule has 4 heteroatoms. The van der Waals surface area contributed by atoms with E-state index in [9.17, 15) is 0 Å². The molecule has 0 saturated heterocycles. The summed E-state index contributed by atoms with van der Waals surface area (Å²) in [7, 11) is 0. The van der Waals surface area contributed by atoms with Crippen molar-refractivity contribution in [1.29, 1.82) is 0 Å². The fraction of sp³-hybridized carbons (Fsp3) is 0.400. The van der Waals surface area contributed by atoms with Crippen molar-refractivity contribution in [2.75, 3.05) is 6.54 Å². The molecule has 2 aromatic rings. The van der Waals surface area contributed by atoms with E-state index in [1.807, 2.05) is 18.2 Å². The minimum Gasteiger partial charge on any atom is -0.312 e. The second kappa shape index (κ2) is 7.04. The van der Waals surface area contributed by atoms with Gasteiger partial charge in [-0.3, -0.25) is 0 Å². The molecule has 0 aliphatic carbocycles. The van der Waals surface area contributed by atoms with Crippen LogP contribution in [0.15, 0.2) is 24.3 Å². The molecular formula is C15H19ClN2S. The van der Waals surface area contributed by atoms with E-state index < -0.39 is 0 Å². The van der Waals surface area contributed by atoms with Crippen molar-refractivity contribution in [3.05, 3.63) is 39.9 Å². The first-order valence-corrected chi connectivity index (χ1v) is 7.89. The molecule has 1 heterocycles. The molecule has 0 atom stereocenters. The van der Waals surface area contributed by atoms with Gasteiger partial charge in [0.05, 0.1) is 5.69 Å². The standard InChI is InChI=1S/C15H19ClN2S/c1-3-8-17-10-14-13(4-2)18-15(19-14)11-6-5-7-12(16)9-11/h5-7,9,17H,3-4,8,10H2,1-2H3. The highest BCUT2D eigenvalue weighted by molar-refractivity contribution is 7.15. The van der Waals surface area contributed by atoms with Crippen LogP contribution in [0.3, 0.4) is 0 Å². The van der Waals surface area contributed by atoms with Gasteiger partial charge in [0.1, 0.15) is 5.01 Å². The molecule has 2 rings (SSSR count). The minimum absolute atomic E-state index is 0.761. The number of halogens is 1. The number of aromatic nitrogens is 1. The van der Waals surface area contributed by atoms with Gasteiger partial charge in [0, 0.05) is 22.0 Å². The summed E-state index contributed by atoms with van der Waals surface area (Å²) in [5.41, 5.74) is 2.30. The predicted molar refractivity (Wildman–Crippen MR) is 83.9 cm³/mol. The Labute approximate surface area is 123 Å². The second-order valence-corrected chi connectivity index (χ2v) is 5.95. The predicted octanol–water partition coefficient (Wildman–Crippen LogP) is 4.53. The second-order valence-electron chi connectivity index (χ2n) is 4.43. The Morgan fingerprint density at radius 3 is 2.84 bits per heavy atom. The monoisotopic (exact) mass is 294 g/mol. The summed E-state index contributed by atoms with van der Waals surface area (Å²) in [6.07, 6.45) is 2.13. The number of nitrogens with one attached hydrogen (secondary N) is 1. The zero-order valence-electron chi connectivity index (χ0n) is 11.4. The van der Waals surface area contributed by atoms with Crippen molar-refractivity contribution in [2.45, 2.75) is 33.2 Å². The number of rotatable bonds is 6. The molecule has 102 valence electrons. The van der Waals surface area contributed by atoms with E-state index in [1.54, 1.807) is 11.3 Å². The summed E-state index contributed by atoms with van der Waals surface area (Å²) < 4.78 is 0. The topological polar surface area (TPSA) is 24.9 Å². The van der Waals surface area contributed by atoms with Gasteiger partial charge in [-0.1, -0.05) is 37.6 Å². The van der Waals surface area contributed by atoms with Crippen LogP contribution >= 0.6 is 22.9 Å². The van der Waals surface area contributed by atoms with Crippen LogP contribution in [-0.2, 0) is 13.0 Å². The fourth-order valence-corrected chi connectivity index (χ4v) is 3.23. The molecule has 0 radical (unpaired) electrons. The first-order valence-electron chi connectivity index (χ1n) is 6.69. The summed E-state index contributed by atoms with van der Waals surface area (Å²) in [6, 6.07) is 7.90. The molecule has 1 aromatic carbocycles. The average molecular weight is 295 g/mol.